The largest absolute Gasteiger partial charge is 0.492 e. The van der Waals surface area contributed by atoms with Crippen LogP contribution in [-0.4, -0.2) is 65.5 Å². The van der Waals surface area contributed by atoms with E-state index in [9.17, 15) is 0 Å². The third kappa shape index (κ3) is 3.07. The molecule has 8 nitrogen and oxygen atoms in total. The summed E-state index contributed by atoms with van der Waals surface area (Å²) < 4.78 is 19.3. The van der Waals surface area contributed by atoms with E-state index in [0.29, 0.717) is 25.6 Å². The fraction of sp³-hybridized carbons (Fsp3) is 0.500. The standard InChI is InChI=1S/C20H25N5O3/c1-13-11-27-12-17-23-18-19(25(13)17)15-10-14(2-3-16(15)22-20(18)21)28-9-6-24-4-7-26-8-5-24/h2-3,10,13H,4-9,11-12H2,1H3,(H2,21,22)/t13-/m0/s1. The molecule has 2 N–H and O–H groups in total. The van der Waals surface area contributed by atoms with E-state index in [2.05, 4.69) is 27.4 Å². The van der Waals surface area contributed by atoms with Crippen LogP contribution >= 0.6 is 0 Å². The van der Waals surface area contributed by atoms with Crippen LogP contribution in [0.5, 0.6) is 5.75 Å². The number of ether oxygens (including phenoxy) is 3. The van der Waals surface area contributed by atoms with Gasteiger partial charge in [-0.3, -0.25) is 4.90 Å². The smallest absolute Gasteiger partial charge is 0.152 e. The highest BCUT2D eigenvalue weighted by molar-refractivity contribution is 6.07. The van der Waals surface area contributed by atoms with Crippen LogP contribution in [0.1, 0.15) is 18.8 Å². The first-order valence-corrected chi connectivity index (χ1v) is 9.81. The molecule has 0 bridgehead atoms. The number of anilines is 1. The first-order chi connectivity index (χ1) is 13.7. The molecule has 1 fully saturated rings. The summed E-state index contributed by atoms with van der Waals surface area (Å²) >= 11 is 0. The van der Waals surface area contributed by atoms with Crippen LogP contribution in [0.15, 0.2) is 18.2 Å². The maximum atomic E-state index is 6.21. The van der Waals surface area contributed by atoms with Gasteiger partial charge in [0.1, 0.15) is 30.3 Å². The van der Waals surface area contributed by atoms with Gasteiger partial charge in [-0.1, -0.05) is 0 Å². The molecule has 1 aromatic carbocycles. The summed E-state index contributed by atoms with van der Waals surface area (Å²) in [4.78, 5) is 11.6. The number of hydrogen-bond donors (Lipinski definition) is 1. The van der Waals surface area contributed by atoms with Gasteiger partial charge >= 0.3 is 0 Å². The van der Waals surface area contributed by atoms with Gasteiger partial charge in [-0.05, 0) is 25.1 Å². The Morgan fingerprint density at radius 1 is 1.21 bits per heavy atom. The Morgan fingerprint density at radius 2 is 2.07 bits per heavy atom. The molecule has 0 spiro atoms. The van der Waals surface area contributed by atoms with Gasteiger partial charge in [0.25, 0.3) is 0 Å². The average Bonchev–Trinajstić information content (AvgIpc) is 3.11. The summed E-state index contributed by atoms with van der Waals surface area (Å²) in [5.74, 6) is 2.19. The van der Waals surface area contributed by atoms with Crippen molar-refractivity contribution in [3.63, 3.8) is 0 Å². The zero-order chi connectivity index (χ0) is 19.1. The second-order valence-corrected chi connectivity index (χ2v) is 7.44. The Bertz CT molecular complexity index is 1010. The number of nitrogens with two attached hydrogens (primary N) is 1. The van der Waals surface area contributed by atoms with Crippen molar-refractivity contribution in [1.82, 2.24) is 19.4 Å². The van der Waals surface area contributed by atoms with Gasteiger partial charge in [0.05, 0.1) is 36.9 Å². The number of hydrogen-bond acceptors (Lipinski definition) is 7. The summed E-state index contributed by atoms with van der Waals surface area (Å²) in [6, 6.07) is 6.18. The van der Waals surface area contributed by atoms with Gasteiger partial charge in [0.15, 0.2) is 5.82 Å². The number of benzene rings is 1. The van der Waals surface area contributed by atoms with Crippen LogP contribution in [0, 0.1) is 0 Å². The van der Waals surface area contributed by atoms with Crippen molar-refractivity contribution in [2.24, 2.45) is 0 Å². The van der Waals surface area contributed by atoms with Crippen molar-refractivity contribution < 1.29 is 14.2 Å². The number of morpholine rings is 1. The minimum absolute atomic E-state index is 0.199. The lowest BCUT2D eigenvalue weighted by molar-refractivity contribution is 0.0322. The first kappa shape index (κ1) is 17.7. The third-order valence-corrected chi connectivity index (χ3v) is 5.50. The van der Waals surface area contributed by atoms with Crippen molar-refractivity contribution in [2.45, 2.75) is 19.6 Å². The topological polar surface area (TPSA) is 87.7 Å². The molecule has 8 heteroatoms. The fourth-order valence-electron chi connectivity index (χ4n) is 4.08. The molecule has 2 aromatic heterocycles. The molecule has 28 heavy (non-hydrogen) atoms. The zero-order valence-electron chi connectivity index (χ0n) is 16.1. The molecule has 0 aliphatic carbocycles. The highest BCUT2D eigenvalue weighted by atomic mass is 16.5. The monoisotopic (exact) mass is 383 g/mol. The van der Waals surface area contributed by atoms with Crippen molar-refractivity contribution >= 4 is 27.8 Å². The molecule has 1 atom stereocenters. The van der Waals surface area contributed by atoms with E-state index in [4.69, 9.17) is 24.9 Å². The Labute approximate surface area is 163 Å². The Kier molecular flexibility index (Phi) is 4.54. The molecule has 0 radical (unpaired) electrons. The van der Waals surface area contributed by atoms with Crippen molar-refractivity contribution in [1.29, 1.82) is 0 Å². The lowest BCUT2D eigenvalue weighted by Gasteiger charge is -2.26. The molecule has 3 aromatic rings. The molecular weight excluding hydrogens is 358 g/mol. The van der Waals surface area contributed by atoms with E-state index >= 15 is 0 Å². The van der Waals surface area contributed by atoms with Crippen LogP contribution in [-0.2, 0) is 16.1 Å². The van der Waals surface area contributed by atoms with Crippen LogP contribution in [0.25, 0.3) is 21.9 Å². The first-order valence-electron chi connectivity index (χ1n) is 9.81. The van der Waals surface area contributed by atoms with Crippen LogP contribution in [0.2, 0.25) is 0 Å². The quantitative estimate of drug-likeness (QED) is 0.737. The molecule has 148 valence electrons. The molecule has 0 unspecified atom stereocenters. The van der Waals surface area contributed by atoms with Gasteiger partial charge in [0, 0.05) is 25.0 Å². The van der Waals surface area contributed by atoms with E-state index in [-0.39, 0.29) is 6.04 Å². The van der Waals surface area contributed by atoms with Crippen LogP contribution in [0.3, 0.4) is 0 Å². The predicted octanol–water partition coefficient (Wildman–Crippen LogP) is 1.97. The van der Waals surface area contributed by atoms with Crippen molar-refractivity contribution in [3.05, 3.63) is 24.0 Å². The van der Waals surface area contributed by atoms with Gasteiger partial charge in [-0.15, -0.1) is 0 Å². The molecule has 4 heterocycles. The second kappa shape index (κ2) is 7.20. The lowest BCUT2D eigenvalue weighted by Crippen LogP contribution is -2.38. The molecule has 5 rings (SSSR count). The van der Waals surface area contributed by atoms with E-state index in [1.54, 1.807) is 0 Å². The molecule has 0 amide bonds. The normalized spacial score (nSPS) is 20.5. The van der Waals surface area contributed by atoms with E-state index < -0.39 is 0 Å². The van der Waals surface area contributed by atoms with E-state index in [1.165, 1.54) is 0 Å². The number of nitrogens with zero attached hydrogens (tertiary/aromatic N) is 4. The minimum Gasteiger partial charge on any atom is -0.492 e. The summed E-state index contributed by atoms with van der Waals surface area (Å²) in [6.07, 6.45) is 0. The maximum Gasteiger partial charge on any atom is 0.152 e. The van der Waals surface area contributed by atoms with Crippen molar-refractivity contribution in [3.8, 4) is 5.75 Å². The summed E-state index contributed by atoms with van der Waals surface area (Å²) in [6.45, 7) is 8.37. The minimum atomic E-state index is 0.199. The van der Waals surface area contributed by atoms with Crippen LogP contribution < -0.4 is 10.5 Å². The number of pyridine rings is 1. The molecule has 2 aliphatic heterocycles. The fourth-order valence-corrected chi connectivity index (χ4v) is 4.08. The number of fused-ring (bicyclic) bond motifs is 5. The number of aromatic nitrogens is 3. The Morgan fingerprint density at radius 3 is 2.93 bits per heavy atom. The predicted molar refractivity (Wildman–Crippen MR) is 107 cm³/mol. The average molecular weight is 383 g/mol. The van der Waals surface area contributed by atoms with Crippen LogP contribution in [0.4, 0.5) is 5.82 Å². The molecule has 1 saturated heterocycles. The number of rotatable bonds is 4. The Balaban J connectivity index is 1.48. The number of imidazole rings is 1. The second-order valence-electron chi connectivity index (χ2n) is 7.44. The highest BCUT2D eigenvalue weighted by Crippen LogP contribution is 2.34. The number of nitrogen functional groups attached to an aromatic ring is 1. The van der Waals surface area contributed by atoms with E-state index in [0.717, 1.165) is 66.4 Å². The molecular formula is C20H25N5O3. The highest BCUT2D eigenvalue weighted by Gasteiger charge is 2.24. The summed E-state index contributed by atoms with van der Waals surface area (Å²) in [5, 5.41) is 1.01. The molecule has 0 saturated carbocycles. The summed E-state index contributed by atoms with van der Waals surface area (Å²) in [5.41, 5.74) is 8.82. The van der Waals surface area contributed by atoms with Gasteiger partial charge in [0.2, 0.25) is 0 Å². The van der Waals surface area contributed by atoms with Gasteiger partial charge in [-0.2, -0.15) is 0 Å². The van der Waals surface area contributed by atoms with E-state index in [1.807, 2.05) is 12.1 Å². The zero-order valence-corrected chi connectivity index (χ0v) is 16.1. The van der Waals surface area contributed by atoms with Gasteiger partial charge < -0.3 is 24.5 Å². The third-order valence-electron chi connectivity index (χ3n) is 5.50. The van der Waals surface area contributed by atoms with Crippen molar-refractivity contribution in [2.75, 3.05) is 51.8 Å². The SMILES string of the molecule is C[C@H]1COCc2nc3c(N)nc4ccc(OCCN5CCOCC5)cc4c3n21. The van der Waals surface area contributed by atoms with Gasteiger partial charge in [-0.25, -0.2) is 9.97 Å². The Hall–Kier alpha value is -2.42. The molecule has 2 aliphatic rings. The summed E-state index contributed by atoms with van der Waals surface area (Å²) in [7, 11) is 0. The maximum absolute atomic E-state index is 6.21. The lowest BCUT2D eigenvalue weighted by atomic mass is 10.1.